The number of carbonyl (C=O) groups excluding carboxylic acids is 2. The monoisotopic (exact) mass is 530 g/mol. The standard InChI is InChI=1S/C28H42N2O6Si/c1-8-37(9-2,10-3)36-19(5)24-25-18(4)23(22-15-16-29(6)35-22)26(30(25)27(24)31)28(32)34-17-20-11-13-21(33-7)14-12-20/h11-14,18-19,22,24-25H,8-10,15-17H2,1-7H3/t18-,19+,22+,24+,25+/m0/s1. The summed E-state index contributed by atoms with van der Waals surface area (Å²) < 4.78 is 17.7. The lowest BCUT2D eigenvalue weighted by atomic mass is 9.77. The van der Waals surface area contributed by atoms with Gasteiger partial charge in [0, 0.05) is 19.5 Å². The number of methoxy groups -OCH3 is 1. The first-order valence-electron chi connectivity index (χ1n) is 13.6. The minimum atomic E-state index is -1.89. The first-order valence-corrected chi connectivity index (χ1v) is 16.2. The summed E-state index contributed by atoms with van der Waals surface area (Å²) in [4.78, 5) is 34.9. The van der Waals surface area contributed by atoms with Gasteiger partial charge in [-0.2, -0.15) is 5.06 Å². The average Bonchev–Trinajstić information content (AvgIpc) is 3.44. The van der Waals surface area contributed by atoms with Gasteiger partial charge in [0.25, 0.3) is 0 Å². The van der Waals surface area contributed by atoms with E-state index in [9.17, 15) is 9.59 Å². The van der Waals surface area contributed by atoms with Crippen LogP contribution in [-0.4, -0.2) is 69.1 Å². The van der Waals surface area contributed by atoms with Gasteiger partial charge in [-0.05, 0) is 54.7 Å². The van der Waals surface area contributed by atoms with E-state index in [1.807, 2.05) is 38.2 Å². The molecule has 0 N–H and O–H groups in total. The maximum absolute atomic E-state index is 13.6. The molecular formula is C28H42N2O6Si. The van der Waals surface area contributed by atoms with Gasteiger partial charge in [0.1, 0.15) is 24.2 Å². The number of esters is 1. The number of amides is 1. The molecule has 8 nitrogen and oxygen atoms in total. The fourth-order valence-electron chi connectivity index (χ4n) is 6.25. The van der Waals surface area contributed by atoms with E-state index in [1.54, 1.807) is 17.1 Å². The number of hydrogen-bond donors (Lipinski definition) is 0. The van der Waals surface area contributed by atoms with Crippen molar-refractivity contribution in [3.63, 3.8) is 0 Å². The SMILES string of the molecule is CC[Si](CC)(CC)O[C@H](C)[C@H]1C(=O)N2C(C(=O)OCc3ccc(OC)cc3)=C([C@H]3CCN(C)O3)[C@H](C)[C@H]12. The number of hydroxylamine groups is 2. The summed E-state index contributed by atoms with van der Waals surface area (Å²) in [5.41, 5.74) is 2.09. The molecule has 2 saturated heterocycles. The van der Waals surface area contributed by atoms with Crippen molar-refractivity contribution in [2.75, 3.05) is 20.7 Å². The normalized spacial score (nSPS) is 26.8. The minimum Gasteiger partial charge on any atom is -0.497 e. The molecule has 1 amide bonds. The summed E-state index contributed by atoms with van der Waals surface area (Å²) in [6.45, 7) is 11.6. The number of carbonyl (C=O) groups is 2. The third kappa shape index (κ3) is 5.11. The van der Waals surface area contributed by atoms with Crippen molar-refractivity contribution < 1.29 is 28.3 Å². The minimum absolute atomic E-state index is 0.0188. The van der Waals surface area contributed by atoms with Gasteiger partial charge in [-0.3, -0.25) is 9.63 Å². The highest BCUT2D eigenvalue weighted by Gasteiger charge is 2.62. The zero-order chi connectivity index (χ0) is 26.9. The number of benzene rings is 1. The molecule has 3 heterocycles. The molecule has 3 aliphatic heterocycles. The largest absolute Gasteiger partial charge is 0.497 e. The van der Waals surface area contributed by atoms with Crippen LogP contribution in [0.5, 0.6) is 5.75 Å². The molecule has 3 aliphatic rings. The van der Waals surface area contributed by atoms with Gasteiger partial charge >= 0.3 is 5.97 Å². The van der Waals surface area contributed by atoms with Gasteiger partial charge in [-0.15, -0.1) is 0 Å². The van der Waals surface area contributed by atoms with Crippen molar-refractivity contribution in [3.8, 4) is 5.75 Å². The molecule has 0 radical (unpaired) electrons. The molecule has 1 aromatic carbocycles. The molecule has 5 atom stereocenters. The quantitative estimate of drug-likeness (QED) is 0.237. The Labute approximate surface area is 222 Å². The zero-order valence-electron chi connectivity index (χ0n) is 23.3. The van der Waals surface area contributed by atoms with Crippen LogP contribution < -0.4 is 4.74 Å². The Morgan fingerprint density at radius 1 is 1.16 bits per heavy atom. The molecular weight excluding hydrogens is 488 g/mol. The highest BCUT2D eigenvalue weighted by molar-refractivity contribution is 6.73. The number of rotatable bonds is 11. The molecule has 4 rings (SSSR count). The van der Waals surface area contributed by atoms with Crippen molar-refractivity contribution in [1.29, 1.82) is 0 Å². The van der Waals surface area contributed by atoms with Gasteiger partial charge in [-0.1, -0.05) is 39.8 Å². The molecule has 2 fully saturated rings. The third-order valence-corrected chi connectivity index (χ3v) is 13.4. The maximum Gasteiger partial charge on any atom is 0.355 e. The van der Waals surface area contributed by atoms with Crippen LogP contribution in [0.25, 0.3) is 0 Å². The zero-order valence-corrected chi connectivity index (χ0v) is 24.3. The second-order valence-electron chi connectivity index (χ2n) is 10.5. The first kappa shape index (κ1) is 27.8. The molecule has 9 heteroatoms. The second kappa shape index (κ2) is 11.3. The van der Waals surface area contributed by atoms with Gasteiger partial charge in [0.05, 0.1) is 25.2 Å². The van der Waals surface area contributed by atoms with E-state index in [0.29, 0.717) is 5.70 Å². The summed E-state index contributed by atoms with van der Waals surface area (Å²) >= 11 is 0. The van der Waals surface area contributed by atoms with Crippen LogP contribution in [-0.2, 0) is 30.2 Å². The Bertz CT molecular complexity index is 1020. The highest BCUT2D eigenvalue weighted by atomic mass is 28.4. The topological polar surface area (TPSA) is 77.5 Å². The number of β-lactam (4-membered cyclic amide) rings is 1. The molecule has 0 unspecified atom stereocenters. The number of ether oxygens (including phenoxy) is 2. The first-order chi connectivity index (χ1) is 17.7. The molecule has 0 spiro atoms. The summed E-state index contributed by atoms with van der Waals surface area (Å²) in [6, 6.07) is 10.4. The predicted molar refractivity (Wildman–Crippen MR) is 143 cm³/mol. The van der Waals surface area contributed by atoms with Crippen molar-refractivity contribution in [2.45, 2.75) is 84.0 Å². The Balaban J connectivity index is 1.57. The molecule has 1 aromatic rings. The van der Waals surface area contributed by atoms with Crippen LogP contribution in [0, 0.1) is 11.8 Å². The van der Waals surface area contributed by atoms with E-state index in [2.05, 4.69) is 27.7 Å². The predicted octanol–water partition coefficient (Wildman–Crippen LogP) is 4.52. The number of nitrogens with zero attached hydrogens (tertiary/aromatic N) is 2. The van der Waals surface area contributed by atoms with Crippen LogP contribution >= 0.6 is 0 Å². The van der Waals surface area contributed by atoms with E-state index in [1.165, 1.54) is 0 Å². The fraction of sp³-hybridized carbons (Fsp3) is 0.643. The van der Waals surface area contributed by atoms with Gasteiger partial charge < -0.3 is 18.8 Å². The summed E-state index contributed by atoms with van der Waals surface area (Å²) in [6.07, 6.45) is 0.342. The average molecular weight is 531 g/mol. The van der Waals surface area contributed by atoms with Crippen LogP contribution in [0.15, 0.2) is 35.5 Å². The van der Waals surface area contributed by atoms with Crippen LogP contribution in [0.1, 0.15) is 46.6 Å². The van der Waals surface area contributed by atoms with Gasteiger partial charge in [0.15, 0.2) is 8.32 Å². The summed E-state index contributed by atoms with van der Waals surface area (Å²) in [5, 5.41) is 1.80. The third-order valence-electron chi connectivity index (χ3n) is 8.66. The lowest BCUT2D eigenvalue weighted by Gasteiger charge is -2.49. The fourth-order valence-corrected chi connectivity index (χ4v) is 9.18. The maximum atomic E-state index is 13.6. The molecule has 0 aliphatic carbocycles. The number of fused-ring (bicyclic) bond motifs is 1. The van der Waals surface area contributed by atoms with Gasteiger partial charge in [0.2, 0.25) is 5.91 Å². The van der Waals surface area contributed by atoms with Crippen molar-refractivity contribution in [1.82, 2.24) is 9.96 Å². The summed E-state index contributed by atoms with van der Waals surface area (Å²) in [5.74, 6) is -0.0708. The van der Waals surface area contributed by atoms with Crippen LogP contribution in [0.3, 0.4) is 0 Å². The van der Waals surface area contributed by atoms with E-state index in [-0.39, 0.29) is 42.6 Å². The van der Waals surface area contributed by atoms with Crippen molar-refractivity contribution in [3.05, 3.63) is 41.1 Å². The van der Waals surface area contributed by atoms with E-state index < -0.39 is 14.3 Å². The molecule has 0 saturated carbocycles. The molecule has 0 bridgehead atoms. The van der Waals surface area contributed by atoms with Crippen molar-refractivity contribution in [2.24, 2.45) is 11.8 Å². The Morgan fingerprint density at radius 3 is 2.35 bits per heavy atom. The van der Waals surface area contributed by atoms with Crippen LogP contribution in [0.2, 0.25) is 18.1 Å². The lowest BCUT2D eigenvalue weighted by molar-refractivity contribution is -0.163. The Morgan fingerprint density at radius 2 is 1.81 bits per heavy atom. The van der Waals surface area contributed by atoms with E-state index in [0.717, 1.165) is 48.0 Å². The highest BCUT2D eigenvalue weighted by Crippen LogP contribution is 2.50. The molecule has 204 valence electrons. The lowest BCUT2D eigenvalue weighted by Crippen LogP contribution is -2.65. The smallest absolute Gasteiger partial charge is 0.355 e. The van der Waals surface area contributed by atoms with Crippen molar-refractivity contribution >= 4 is 20.2 Å². The van der Waals surface area contributed by atoms with Gasteiger partial charge in [-0.25, -0.2) is 4.79 Å². The summed E-state index contributed by atoms with van der Waals surface area (Å²) in [7, 11) is 1.62. The van der Waals surface area contributed by atoms with E-state index >= 15 is 0 Å². The van der Waals surface area contributed by atoms with E-state index in [4.69, 9.17) is 18.7 Å². The number of hydrogen-bond acceptors (Lipinski definition) is 7. The Kier molecular flexibility index (Phi) is 8.47. The second-order valence-corrected chi connectivity index (χ2v) is 15.3. The van der Waals surface area contributed by atoms with Crippen LogP contribution in [0.4, 0.5) is 0 Å². The Hall–Kier alpha value is -2.20. The molecule has 37 heavy (non-hydrogen) atoms. The molecule has 0 aromatic heterocycles.